The van der Waals surface area contributed by atoms with Gasteiger partial charge in [-0.3, -0.25) is 9.36 Å². The van der Waals surface area contributed by atoms with Gasteiger partial charge in [0.2, 0.25) is 5.82 Å². The van der Waals surface area contributed by atoms with E-state index in [0.717, 1.165) is 27.8 Å². The van der Waals surface area contributed by atoms with Crippen LogP contribution in [-0.4, -0.2) is 14.7 Å². The molecule has 0 saturated carbocycles. The summed E-state index contributed by atoms with van der Waals surface area (Å²) in [4.78, 5) is 17.8. The van der Waals surface area contributed by atoms with Crippen LogP contribution < -0.4 is 5.56 Å². The largest absolute Gasteiger partial charge is 0.334 e. The second-order valence-corrected chi connectivity index (χ2v) is 7.32. The molecule has 146 valence electrons. The third-order valence-electron chi connectivity index (χ3n) is 5.38. The standard InChI is InChI=1S/C25H19N3O2/c1-16-12-13-19(14-17(16)2)28-15-22(20-10-6-7-11-21(20)25(28)29)24-26-23(27-30-24)18-8-4-3-5-9-18/h3-15H,1-2H3. The molecule has 0 aliphatic rings. The molecule has 3 aromatic carbocycles. The molecule has 0 aliphatic carbocycles. The molecular formula is C25H19N3O2. The smallest absolute Gasteiger partial charge is 0.262 e. The van der Waals surface area contributed by atoms with Crippen LogP contribution >= 0.6 is 0 Å². The Morgan fingerprint density at radius 2 is 1.57 bits per heavy atom. The van der Waals surface area contributed by atoms with Crippen LogP contribution in [0.1, 0.15) is 11.1 Å². The highest BCUT2D eigenvalue weighted by atomic mass is 16.5. The number of nitrogens with zero attached hydrogens (tertiary/aromatic N) is 3. The summed E-state index contributed by atoms with van der Waals surface area (Å²) in [6.45, 7) is 4.09. The maximum absolute atomic E-state index is 13.2. The van der Waals surface area contributed by atoms with Gasteiger partial charge in [0, 0.05) is 28.2 Å². The molecule has 0 bridgehead atoms. The lowest BCUT2D eigenvalue weighted by molar-refractivity contribution is 0.432. The van der Waals surface area contributed by atoms with Crippen molar-refractivity contribution in [1.29, 1.82) is 0 Å². The molecule has 5 aromatic rings. The summed E-state index contributed by atoms with van der Waals surface area (Å²) in [6.07, 6.45) is 1.79. The van der Waals surface area contributed by atoms with Crippen molar-refractivity contribution in [2.75, 3.05) is 0 Å². The summed E-state index contributed by atoms with van der Waals surface area (Å²) in [5.41, 5.74) is 4.62. The molecule has 5 heteroatoms. The van der Waals surface area contributed by atoms with Crippen molar-refractivity contribution >= 4 is 10.8 Å². The van der Waals surface area contributed by atoms with E-state index in [0.29, 0.717) is 17.1 Å². The molecule has 0 N–H and O–H groups in total. The SMILES string of the molecule is Cc1ccc(-n2cc(-c3nc(-c4ccccc4)no3)c3ccccc3c2=O)cc1C. The summed E-state index contributed by atoms with van der Waals surface area (Å²) in [5, 5.41) is 5.53. The van der Waals surface area contributed by atoms with Gasteiger partial charge in [0.05, 0.1) is 5.56 Å². The third kappa shape index (κ3) is 3.01. The van der Waals surface area contributed by atoms with Gasteiger partial charge in [-0.2, -0.15) is 4.98 Å². The first-order valence-corrected chi connectivity index (χ1v) is 9.73. The van der Waals surface area contributed by atoms with Crippen LogP contribution in [0.15, 0.2) is 88.3 Å². The zero-order valence-corrected chi connectivity index (χ0v) is 16.7. The van der Waals surface area contributed by atoms with E-state index in [1.54, 1.807) is 10.8 Å². The van der Waals surface area contributed by atoms with E-state index in [2.05, 4.69) is 17.1 Å². The molecule has 2 aromatic heterocycles. The minimum atomic E-state index is -0.0830. The van der Waals surface area contributed by atoms with Crippen molar-refractivity contribution in [2.45, 2.75) is 13.8 Å². The second-order valence-electron chi connectivity index (χ2n) is 7.32. The Morgan fingerprint density at radius 3 is 2.33 bits per heavy atom. The molecule has 30 heavy (non-hydrogen) atoms. The number of hydrogen-bond acceptors (Lipinski definition) is 4. The predicted molar refractivity (Wildman–Crippen MR) is 118 cm³/mol. The van der Waals surface area contributed by atoms with E-state index in [1.165, 1.54) is 5.56 Å². The Morgan fingerprint density at radius 1 is 0.833 bits per heavy atom. The minimum absolute atomic E-state index is 0.0830. The summed E-state index contributed by atoms with van der Waals surface area (Å²) in [7, 11) is 0. The first-order valence-electron chi connectivity index (χ1n) is 9.73. The van der Waals surface area contributed by atoms with Gasteiger partial charge in [0.15, 0.2) is 0 Å². The van der Waals surface area contributed by atoms with Crippen LogP contribution in [0.4, 0.5) is 0 Å². The van der Waals surface area contributed by atoms with Gasteiger partial charge in [-0.1, -0.05) is 59.8 Å². The number of hydrogen-bond donors (Lipinski definition) is 0. The quantitative estimate of drug-likeness (QED) is 0.416. The highest BCUT2D eigenvalue weighted by Gasteiger charge is 2.17. The number of aryl methyl sites for hydroxylation is 2. The van der Waals surface area contributed by atoms with Crippen LogP contribution in [0.5, 0.6) is 0 Å². The Kier molecular flexibility index (Phi) is 4.29. The number of rotatable bonds is 3. The second kappa shape index (κ2) is 7.12. The maximum atomic E-state index is 13.2. The molecule has 5 rings (SSSR count). The van der Waals surface area contributed by atoms with E-state index in [1.807, 2.05) is 79.7 Å². The minimum Gasteiger partial charge on any atom is -0.334 e. The van der Waals surface area contributed by atoms with Gasteiger partial charge < -0.3 is 4.52 Å². The van der Waals surface area contributed by atoms with Gasteiger partial charge in [-0.15, -0.1) is 0 Å². The number of benzene rings is 3. The highest BCUT2D eigenvalue weighted by Crippen LogP contribution is 2.28. The van der Waals surface area contributed by atoms with E-state index in [9.17, 15) is 4.79 Å². The number of aromatic nitrogens is 3. The van der Waals surface area contributed by atoms with Crippen molar-refractivity contribution in [3.05, 3.63) is 100 Å². The van der Waals surface area contributed by atoms with Crippen LogP contribution in [0.3, 0.4) is 0 Å². The van der Waals surface area contributed by atoms with Crippen molar-refractivity contribution in [1.82, 2.24) is 14.7 Å². The summed E-state index contributed by atoms with van der Waals surface area (Å²) < 4.78 is 7.26. The topological polar surface area (TPSA) is 60.9 Å². The van der Waals surface area contributed by atoms with Crippen molar-refractivity contribution < 1.29 is 4.52 Å². The normalized spacial score (nSPS) is 11.1. The maximum Gasteiger partial charge on any atom is 0.262 e. The molecule has 0 fully saturated rings. The molecule has 0 atom stereocenters. The van der Waals surface area contributed by atoms with Crippen LogP contribution in [0, 0.1) is 13.8 Å². The molecule has 0 radical (unpaired) electrons. The summed E-state index contributed by atoms with van der Waals surface area (Å²) in [6, 6.07) is 23.2. The molecule has 0 saturated heterocycles. The molecule has 0 spiro atoms. The monoisotopic (exact) mass is 393 g/mol. The Bertz CT molecular complexity index is 1430. The van der Waals surface area contributed by atoms with Gasteiger partial charge in [-0.25, -0.2) is 0 Å². The first kappa shape index (κ1) is 18.1. The summed E-state index contributed by atoms with van der Waals surface area (Å²) >= 11 is 0. The van der Waals surface area contributed by atoms with Crippen molar-refractivity contribution in [3.63, 3.8) is 0 Å². The number of pyridine rings is 1. The zero-order chi connectivity index (χ0) is 20.7. The molecule has 0 unspecified atom stereocenters. The van der Waals surface area contributed by atoms with Gasteiger partial charge >= 0.3 is 0 Å². The van der Waals surface area contributed by atoms with E-state index < -0.39 is 0 Å². The van der Waals surface area contributed by atoms with Crippen molar-refractivity contribution in [3.8, 4) is 28.5 Å². The van der Waals surface area contributed by atoms with Gasteiger partial charge in [0.25, 0.3) is 11.4 Å². The fourth-order valence-corrected chi connectivity index (χ4v) is 3.57. The van der Waals surface area contributed by atoms with E-state index >= 15 is 0 Å². The van der Waals surface area contributed by atoms with Crippen LogP contribution in [0.2, 0.25) is 0 Å². The highest BCUT2D eigenvalue weighted by molar-refractivity contribution is 5.94. The Hall–Kier alpha value is -3.99. The molecule has 0 aliphatic heterocycles. The Balaban J connectivity index is 1.74. The third-order valence-corrected chi connectivity index (χ3v) is 5.38. The fourth-order valence-electron chi connectivity index (χ4n) is 3.57. The molecular weight excluding hydrogens is 374 g/mol. The lowest BCUT2D eigenvalue weighted by atomic mass is 10.1. The summed E-state index contributed by atoms with van der Waals surface area (Å²) in [5.74, 6) is 0.890. The molecule has 0 amide bonds. The fraction of sp³-hybridized carbons (Fsp3) is 0.0800. The predicted octanol–water partition coefficient (Wildman–Crippen LogP) is 5.32. The van der Waals surface area contributed by atoms with E-state index in [4.69, 9.17) is 4.52 Å². The average Bonchev–Trinajstić information content (AvgIpc) is 3.27. The molecule has 5 nitrogen and oxygen atoms in total. The van der Waals surface area contributed by atoms with Crippen LogP contribution in [0.25, 0.3) is 39.3 Å². The first-order chi connectivity index (χ1) is 14.6. The lowest BCUT2D eigenvalue weighted by Gasteiger charge is -2.12. The van der Waals surface area contributed by atoms with E-state index in [-0.39, 0.29) is 5.56 Å². The average molecular weight is 393 g/mol. The Labute approximate surface area is 173 Å². The van der Waals surface area contributed by atoms with Crippen LogP contribution in [-0.2, 0) is 0 Å². The van der Waals surface area contributed by atoms with Crippen molar-refractivity contribution in [2.24, 2.45) is 0 Å². The lowest BCUT2D eigenvalue weighted by Crippen LogP contribution is -2.18. The van der Waals surface area contributed by atoms with Gasteiger partial charge in [-0.05, 0) is 43.2 Å². The number of fused-ring (bicyclic) bond motifs is 1. The van der Waals surface area contributed by atoms with Gasteiger partial charge in [0.1, 0.15) is 0 Å². The zero-order valence-electron chi connectivity index (χ0n) is 16.7. The molecule has 2 heterocycles.